The number of carboxylic acids is 1. The average Bonchev–Trinajstić information content (AvgIpc) is 2.85. The molecule has 0 bridgehead atoms. The summed E-state index contributed by atoms with van der Waals surface area (Å²) < 4.78 is 0. The molecule has 1 atom stereocenters. The maximum atomic E-state index is 11.7. The SMILES string of the molecule is O=C(O)CNC(=O)CN1CCCC1CC1CCCCC1. The molecular weight excluding hydrogens is 256 g/mol. The lowest BCUT2D eigenvalue weighted by Crippen LogP contribution is -2.41. The Balaban J connectivity index is 1.74. The first-order valence-electron chi connectivity index (χ1n) is 7.87. The number of amides is 1. The van der Waals surface area contributed by atoms with Crippen LogP contribution in [-0.2, 0) is 9.59 Å². The van der Waals surface area contributed by atoms with E-state index in [4.69, 9.17) is 5.11 Å². The number of likely N-dealkylation sites (tertiary alicyclic amines) is 1. The number of carbonyl (C=O) groups is 2. The van der Waals surface area contributed by atoms with Crippen LogP contribution in [0.5, 0.6) is 0 Å². The third-order valence-corrected chi connectivity index (χ3v) is 4.61. The zero-order chi connectivity index (χ0) is 14.4. The molecule has 1 saturated heterocycles. The molecule has 1 saturated carbocycles. The van der Waals surface area contributed by atoms with Crippen molar-refractivity contribution in [2.75, 3.05) is 19.6 Å². The summed E-state index contributed by atoms with van der Waals surface area (Å²) in [5.41, 5.74) is 0. The maximum Gasteiger partial charge on any atom is 0.322 e. The van der Waals surface area contributed by atoms with Crippen LogP contribution in [-0.4, -0.2) is 47.6 Å². The van der Waals surface area contributed by atoms with Gasteiger partial charge in [-0.05, 0) is 31.7 Å². The van der Waals surface area contributed by atoms with Crippen molar-refractivity contribution >= 4 is 11.9 Å². The summed E-state index contributed by atoms with van der Waals surface area (Å²) in [5.74, 6) is -0.321. The summed E-state index contributed by atoms with van der Waals surface area (Å²) in [6.45, 7) is 1.04. The van der Waals surface area contributed by atoms with E-state index in [2.05, 4.69) is 10.2 Å². The van der Waals surface area contributed by atoms with E-state index < -0.39 is 5.97 Å². The molecule has 2 aliphatic rings. The highest BCUT2D eigenvalue weighted by atomic mass is 16.4. The van der Waals surface area contributed by atoms with Crippen molar-refractivity contribution in [1.29, 1.82) is 0 Å². The number of carboxylic acid groups (broad SMARTS) is 1. The Morgan fingerprint density at radius 1 is 1.10 bits per heavy atom. The summed E-state index contributed by atoms with van der Waals surface area (Å²) >= 11 is 0. The lowest BCUT2D eigenvalue weighted by atomic mass is 9.84. The van der Waals surface area contributed by atoms with Crippen LogP contribution in [0, 0.1) is 5.92 Å². The largest absolute Gasteiger partial charge is 0.480 e. The van der Waals surface area contributed by atoms with Crippen molar-refractivity contribution in [3.8, 4) is 0 Å². The smallest absolute Gasteiger partial charge is 0.322 e. The Morgan fingerprint density at radius 2 is 1.85 bits per heavy atom. The van der Waals surface area contributed by atoms with Gasteiger partial charge in [-0.15, -0.1) is 0 Å². The van der Waals surface area contributed by atoms with E-state index in [9.17, 15) is 9.59 Å². The molecule has 5 heteroatoms. The Labute approximate surface area is 120 Å². The van der Waals surface area contributed by atoms with Gasteiger partial charge in [-0.1, -0.05) is 32.1 Å². The van der Waals surface area contributed by atoms with Crippen molar-refractivity contribution in [3.05, 3.63) is 0 Å². The van der Waals surface area contributed by atoms with Crippen molar-refractivity contribution in [3.63, 3.8) is 0 Å². The molecular formula is C15H26N2O3. The van der Waals surface area contributed by atoms with Crippen LogP contribution in [0.2, 0.25) is 0 Å². The molecule has 20 heavy (non-hydrogen) atoms. The fourth-order valence-electron chi connectivity index (χ4n) is 3.59. The lowest BCUT2D eigenvalue weighted by Gasteiger charge is -2.29. The van der Waals surface area contributed by atoms with Gasteiger partial charge in [0.25, 0.3) is 0 Å². The highest BCUT2D eigenvalue weighted by Gasteiger charge is 2.29. The zero-order valence-electron chi connectivity index (χ0n) is 12.1. The predicted octanol–water partition coefficient (Wildman–Crippen LogP) is 1.62. The van der Waals surface area contributed by atoms with Gasteiger partial charge < -0.3 is 10.4 Å². The Kier molecular flexibility index (Phi) is 5.83. The number of nitrogens with zero attached hydrogens (tertiary/aromatic N) is 1. The Hall–Kier alpha value is -1.10. The van der Waals surface area contributed by atoms with E-state index in [1.54, 1.807) is 0 Å². The minimum absolute atomic E-state index is 0.164. The quantitative estimate of drug-likeness (QED) is 0.777. The molecule has 0 radical (unpaired) electrons. The minimum Gasteiger partial charge on any atom is -0.480 e. The monoisotopic (exact) mass is 282 g/mol. The van der Waals surface area contributed by atoms with Gasteiger partial charge in [-0.25, -0.2) is 0 Å². The molecule has 1 unspecified atom stereocenters. The average molecular weight is 282 g/mol. The van der Waals surface area contributed by atoms with Crippen molar-refractivity contribution in [1.82, 2.24) is 10.2 Å². The second-order valence-corrected chi connectivity index (χ2v) is 6.18. The fourth-order valence-corrected chi connectivity index (χ4v) is 3.59. The van der Waals surface area contributed by atoms with Crippen LogP contribution in [0.3, 0.4) is 0 Å². The van der Waals surface area contributed by atoms with Crippen molar-refractivity contribution in [2.45, 2.75) is 57.4 Å². The van der Waals surface area contributed by atoms with Gasteiger partial charge in [-0.3, -0.25) is 14.5 Å². The van der Waals surface area contributed by atoms with Gasteiger partial charge in [0.15, 0.2) is 0 Å². The van der Waals surface area contributed by atoms with E-state index in [0.717, 1.165) is 18.9 Å². The summed E-state index contributed by atoms with van der Waals surface area (Å²) in [7, 11) is 0. The number of hydrogen-bond acceptors (Lipinski definition) is 3. The van der Waals surface area contributed by atoms with Crippen LogP contribution in [0.1, 0.15) is 51.4 Å². The number of hydrogen-bond donors (Lipinski definition) is 2. The van der Waals surface area contributed by atoms with E-state index in [1.807, 2.05) is 0 Å². The number of nitrogens with one attached hydrogen (secondary N) is 1. The second kappa shape index (κ2) is 7.62. The first-order valence-corrected chi connectivity index (χ1v) is 7.87. The zero-order valence-corrected chi connectivity index (χ0v) is 12.1. The second-order valence-electron chi connectivity index (χ2n) is 6.18. The van der Waals surface area contributed by atoms with Crippen molar-refractivity contribution < 1.29 is 14.7 Å². The summed E-state index contributed by atoms with van der Waals surface area (Å²) in [6.07, 6.45) is 10.3. The summed E-state index contributed by atoms with van der Waals surface area (Å²) in [4.78, 5) is 24.4. The molecule has 1 aliphatic carbocycles. The number of carbonyl (C=O) groups excluding carboxylic acids is 1. The van der Waals surface area contributed by atoms with Gasteiger partial charge in [0, 0.05) is 6.04 Å². The van der Waals surface area contributed by atoms with Crippen LogP contribution in [0.15, 0.2) is 0 Å². The fraction of sp³-hybridized carbons (Fsp3) is 0.867. The van der Waals surface area contributed by atoms with Crippen molar-refractivity contribution in [2.24, 2.45) is 5.92 Å². The molecule has 2 fully saturated rings. The Morgan fingerprint density at radius 3 is 2.55 bits per heavy atom. The molecule has 2 rings (SSSR count). The van der Waals surface area contributed by atoms with Gasteiger partial charge in [-0.2, -0.15) is 0 Å². The normalized spacial score (nSPS) is 24.7. The molecule has 5 nitrogen and oxygen atoms in total. The Bertz CT molecular complexity index is 340. The highest BCUT2D eigenvalue weighted by molar-refractivity contribution is 5.82. The van der Waals surface area contributed by atoms with Crippen LogP contribution in [0.25, 0.3) is 0 Å². The summed E-state index contributed by atoms with van der Waals surface area (Å²) in [6, 6.07) is 0.522. The molecule has 114 valence electrons. The molecule has 1 amide bonds. The molecule has 0 aromatic heterocycles. The third kappa shape index (κ3) is 4.78. The highest BCUT2D eigenvalue weighted by Crippen LogP contribution is 2.31. The molecule has 1 aliphatic heterocycles. The van der Waals surface area contributed by atoms with Crippen LogP contribution in [0.4, 0.5) is 0 Å². The molecule has 0 aromatic carbocycles. The third-order valence-electron chi connectivity index (χ3n) is 4.61. The lowest BCUT2D eigenvalue weighted by molar-refractivity contribution is -0.138. The first-order chi connectivity index (χ1) is 9.65. The topological polar surface area (TPSA) is 69.6 Å². The number of aliphatic carboxylic acids is 1. The maximum absolute atomic E-state index is 11.7. The molecule has 0 aromatic rings. The van der Waals surface area contributed by atoms with E-state index >= 15 is 0 Å². The van der Waals surface area contributed by atoms with Gasteiger partial charge in [0.2, 0.25) is 5.91 Å². The van der Waals surface area contributed by atoms with Crippen LogP contribution < -0.4 is 5.32 Å². The van der Waals surface area contributed by atoms with Gasteiger partial charge in [0.05, 0.1) is 6.54 Å². The summed E-state index contributed by atoms with van der Waals surface area (Å²) in [5, 5.41) is 11.0. The van der Waals surface area contributed by atoms with E-state index in [-0.39, 0.29) is 12.5 Å². The van der Waals surface area contributed by atoms with E-state index in [0.29, 0.717) is 12.6 Å². The van der Waals surface area contributed by atoms with Crippen LogP contribution >= 0.6 is 0 Å². The van der Waals surface area contributed by atoms with E-state index in [1.165, 1.54) is 44.9 Å². The molecule has 1 heterocycles. The number of rotatable bonds is 6. The van der Waals surface area contributed by atoms with Gasteiger partial charge in [0.1, 0.15) is 6.54 Å². The molecule has 2 N–H and O–H groups in total. The predicted molar refractivity (Wildman–Crippen MR) is 76.4 cm³/mol. The first kappa shape index (κ1) is 15.3. The minimum atomic E-state index is -0.987. The standard InChI is InChI=1S/C15H26N2O3/c18-14(16-10-15(19)20)11-17-8-4-7-13(17)9-12-5-2-1-3-6-12/h12-13H,1-11H2,(H,16,18)(H,19,20). The van der Waals surface area contributed by atoms with Gasteiger partial charge >= 0.3 is 5.97 Å². The molecule has 0 spiro atoms.